The third kappa shape index (κ3) is 2.64. The second-order valence-electron chi connectivity index (χ2n) is 6.89. The minimum Gasteiger partial charge on any atom is -0.495 e. The second-order valence-corrected chi connectivity index (χ2v) is 6.89. The van der Waals surface area contributed by atoms with Gasteiger partial charge in [-0.3, -0.25) is 9.59 Å². The Morgan fingerprint density at radius 2 is 1.88 bits per heavy atom. The first-order valence-corrected chi connectivity index (χ1v) is 8.93. The van der Waals surface area contributed by atoms with E-state index in [1.54, 1.807) is 12.0 Å². The van der Waals surface area contributed by atoms with Crippen molar-refractivity contribution in [1.82, 2.24) is 0 Å². The summed E-state index contributed by atoms with van der Waals surface area (Å²) in [5, 5.41) is 0. The number of amides is 2. The molecule has 5 nitrogen and oxygen atoms in total. The van der Waals surface area contributed by atoms with E-state index in [-0.39, 0.29) is 24.2 Å². The van der Waals surface area contributed by atoms with Gasteiger partial charge in [0.05, 0.1) is 18.7 Å². The monoisotopic (exact) mass is 350 g/mol. The van der Waals surface area contributed by atoms with Gasteiger partial charge in [-0.15, -0.1) is 0 Å². The van der Waals surface area contributed by atoms with Crippen LogP contribution in [0.5, 0.6) is 5.75 Å². The number of hydrogen-bond acceptors (Lipinski definition) is 3. The minimum absolute atomic E-state index is 0.0310. The standard InChI is InChI=1S/C21H22N2O3/c1-14-6-5-8-17-16(14)10-11-22(17)21(25)15-12-20(24)23(13-15)18-7-3-4-9-19(18)26-2/h3-9,15H,10-13H2,1-2H3. The number of anilines is 2. The average Bonchev–Trinajstić information content (AvgIpc) is 3.26. The number of fused-ring (bicyclic) bond motifs is 1. The van der Waals surface area contributed by atoms with Gasteiger partial charge in [0.1, 0.15) is 5.75 Å². The molecule has 134 valence electrons. The van der Waals surface area contributed by atoms with Gasteiger partial charge in [-0.05, 0) is 42.7 Å². The van der Waals surface area contributed by atoms with Gasteiger partial charge in [0.25, 0.3) is 0 Å². The summed E-state index contributed by atoms with van der Waals surface area (Å²) >= 11 is 0. The largest absolute Gasteiger partial charge is 0.495 e. The van der Waals surface area contributed by atoms with Crippen molar-refractivity contribution in [3.63, 3.8) is 0 Å². The van der Waals surface area contributed by atoms with Crippen LogP contribution in [0.15, 0.2) is 42.5 Å². The van der Waals surface area contributed by atoms with Gasteiger partial charge < -0.3 is 14.5 Å². The number of carbonyl (C=O) groups is 2. The lowest BCUT2D eigenvalue weighted by Gasteiger charge is -2.22. The molecule has 0 spiro atoms. The Bertz CT molecular complexity index is 877. The molecule has 2 aromatic carbocycles. The lowest BCUT2D eigenvalue weighted by Crippen LogP contribution is -2.36. The third-order valence-electron chi connectivity index (χ3n) is 5.38. The summed E-state index contributed by atoms with van der Waals surface area (Å²) in [5.74, 6) is 0.339. The zero-order valence-corrected chi connectivity index (χ0v) is 15.1. The summed E-state index contributed by atoms with van der Waals surface area (Å²) in [5.41, 5.74) is 4.19. The first-order valence-electron chi connectivity index (χ1n) is 8.93. The van der Waals surface area contributed by atoms with Crippen LogP contribution in [0.1, 0.15) is 17.5 Å². The van der Waals surface area contributed by atoms with Crippen LogP contribution in [0.25, 0.3) is 0 Å². The second kappa shape index (κ2) is 6.48. The van der Waals surface area contributed by atoms with Crippen LogP contribution in [0.2, 0.25) is 0 Å². The van der Waals surface area contributed by atoms with Crippen molar-refractivity contribution >= 4 is 23.2 Å². The third-order valence-corrected chi connectivity index (χ3v) is 5.38. The number of rotatable bonds is 3. The highest BCUT2D eigenvalue weighted by Crippen LogP contribution is 2.36. The quantitative estimate of drug-likeness (QED) is 0.855. The first kappa shape index (κ1) is 16.6. The minimum atomic E-state index is -0.320. The van der Waals surface area contributed by atoms with E-state index < -0.39 is 0 Å². The molecular formula is C21H22N2O3. The zero-order chi connectivity index (χ0) is 18.3. The topological polar surface area (TPSA) is 49.9 Å². The number of hydrogen-bond donors (Lipinski definition) is 0. The molecular weight excluding hydrogens is 328 g/mol. The number of nitrogens with zero attached hydrogens (tertiary/aromatic N) is 2. The zero-order valence-electron chi connectivity index (χ0n) is 15.1. The summed E-state index contributed by atoms with van der Waals surface area (Å²) in [6.07, 6.45) is 1.12. The van der Waals surface area contributed by atoms with E-state index in [0.717, 1.165) is 17.8 Å². The molecule has 1 fully saturated rings. The van der Waals surface area contributed by atoms with Crippen LogP contribution in [0.3, 0.4) is 0 Å². The lowest BCUT2D eigenvalue weighted by atomic mass is 10.1. The van der Waals surface area contributed by atoms with E-state index in [4.69, 9.17) is 4.74 Å². The number of carbonyl (C=O) groups excluding carboxylic acids is 2. The molecule has 0 N–H and O–H groups in total. The molecule has 0 radical (unpaired) electrons. The van der Waals surface area contributed by atoms with Crippen molar-refractivity contribution in [3.05, 3.63) is 53.6 Å². The van der Waals surface area contributed by atoms with Gasteiger partial charge >= 0.3 is 0 Å². The molecule has 26 heavy (non-hydrogen) atoms. The van der Waals surface area contributed by atoms with Crippen LogP contribution in [0.4, 0.5) is 11.4 Å². The lowest BCUT2D eigenvalue weighted by molar-refractivity contribution is -0.124. The molecule has 2 aliphatic heterocycles. The molecule has 4 rings (SSSR count). The van der Waals surface area contributed by atoms with Crippen LogP contribution in [0, 0.1) is 12.8 Å². The van der Waals surface area contributed by atoms with Crippen molar-refractivity contribution in [3.8, 4) is 5.75 Å². The molecule has 0 aliphatic carbocycles. The molecule has 2 heterocycles. The Balaban J connectivity index is 1.57. The van der Waals surface area contributed by atoms with E-state index in [2.05, 4.69) is 13.0 Å². The van der Waals surface area contributed by atoms with Gasteiger partial charge in [0.15, 0.2) is 0 Å². The molecule has 2 amide bonds. The summed E-state index contributed by atoms with van der Waals surface area (Å²) < 4.78 is 5.37. The van der Waals surface area contributed by atoms with E-state index in [1.807, 2.05) is 41.3 Å². The molecule has 1 unspecified atom stereocenters. The highest BCUT2D eigenvalue weighted by atomic mass is 16.5. The Morgan fingerprint density at radius 3 is 2.69 bits per heavy atom. The van der Waals surface area contributed by atoms with Gasteiger partial charge in [-0.2, -0.15) is 0 Å². The Morgan fingerprint density at radius 1 is 1.12 bits per heavy atom. The predicted molar refractivity (Wildman–Crippen MR) is 101 cm³/mol. The van der Waals surface area contributed by atoms with Crippen LogP contribution in [-0.2, 0) is 16.0 Å². The fourth-order valence-electron chi connectivity index (χ4n) is 4.02. The number of benzene rings is 2. The number of aryl methyl sites for hydroxylation is 1. The molecule has 0 aromatic heterocycles. The Hall–Kier alpha value is -2.82. The SMILES string of the molecule is COc1ccccc1N1CC(C(=O)N2CCc3c(C)cccc32)CC1=O. The van der Waals surface area contributed by atoms with E-state index in [9.17, 15) is 9.59 Å². The van der Waals surface area contributed by atoms with Gasteiger partial charge in [0, 0.05) is 25.2 Å². The summed E-state index contributed by atoms with van der Waals surface area (Å²) in [6.45, 7) is 3.17. The highest BCUT2D eigenvalue weighted by Gasteiger charge is 2.39. The van der Waals surface area contributed by atoms with Crippen LogP contribution < -0.4 is 14.5 Å². The average molecular weight is 350 g/mol. The molecule has 0 saturated carbocycles. The van der Waals surface area contributed by atoms with Crippen molar-refractivity contribution < 1.29 is 14.3 Å². The maximum atomic E-state index is 13.1. The van der Waals surface area contributed by atoms with Gasteiger partial charge in [-0.25, -0.2) is 0 Å². The van der Waals surface area contributed by atoms with Crippen molar-refractivity contribution in [2.45, 2.75) is 19.8 Å². The molecule has 1 saturated heterocycles. The van der Waals surface area contributed by atoms with Gasteiger partial charge in [-0.1, -0.05) is 24.3 Å². The summed E-state index contributed by atoms with van der Waals surface area (Å²) in [7, 11) is 1.59. The van der Waals surface area contributed by atoms with Crippen LogP contribution in [-0.4, -0.2) is 32.0 Å². The fraction of sp³-hybridized carbons (Fsp3) is 0.333. The Labute approximate surface area is 153 Å². The molecule has 5 heteroatoms. The van der Waals surface area contributed by atoms with Crippen molar-refractivity contribution in [2.24, 2.45) is 5.92 Å². The smallest absolute Gasteiger partial charge is 0.232 e. The fourth-order valence-corrected chi connectivity index (χ4v) is 4.02. The molecule has 2 aliphatic rings. The van der Waals surface area contributed by atoms with E-state index in [1.165, 1.54) is 11.1 Å². The van der Waals surface area contributed by atoms with Crippen molar-refractivity contribution in [2.75, 3.05) is 30.0 Å². The number of ether oxygens (including phenoxy) is 1. The maximum Gasteiger partial charge on any atom is 0.232 e. The summed E-state index contributed by atoms with van der Waals surface area (Å²) in [4.78, 5) is 29.2. The van der Waals surface area contributed by atoms with Gasteiger partial charge in [0.2, 0.25) is 11.8 Å². The normalized spacial score (nSPS) is 19.0. The molecule has 0 bridgehead atoms. The maximum absolute atomic E-state index is 13.1. The molecule has 2 aromatic rings. The first-order chi connectivity index (χ1) is 12.6. The highest BCUT2D eigenvalue weighted by molar-refractivity contribution is 6.05. The number of para-hydroxylation sites is 2. The van der Waals surface area contributed by atoms with E-state index >= 15 is 0 Å². The summed E-state index contributed by atoms with van der Waals surface area (Å²) in [6, 6.07) is 13.5. The number of methoxy groups -OCH3 is 1. The van der Waals surface area contributed by atoms with Crippen molar-refractivity contribution in [1.29, 1.82) is 0 Å². The predicted octanol–water partition coefficient (Wildman–Crippen LogP) is 2.95. The van der Waals surface area contributed by atoms with E-state index in [0.29, 0.717) is 18.8 Å². The Kier molecular flexibility index (Phi) is 4.15. The van der Waals surface area contributed by atoms with Crippen LogP contribution >= 0.6 is 0 Å². The molecule has 1 atom stereocenters.